The predicted molar refractivity (Wildman–Crippen MR) is 126 cm³/mol. The number of hydrogen-bond acceptors (Lipinski definition) is 3. The second-order valence-electron chi connectivity index (χ2n) is 8.27. The Labute approximate surface area is 186 Å². The van der Waals surface area contributed by atoms with E-state index in [4.69, 9.17) is 0 Å². The van der Waals surface area contributed by atoms with Gasteiger partial charge in [0, 0.05) is 37.5 Å². The fourth-order valence-electron chi connectivity index (χ4n) is 3.82. The molecule has 4 nitrogen and oxygen atoms in total. The Morgan fingerprint density at radius 3 is 2.84 bits per heavy atom. The van der Waals surface area contributed by atoms with E-state index in [-0.39, 0.29) is 11.7 Å². The zero-order valence-electron chi connectivity index (χ0n) is 19.1. The van der Waals surface area contributed by atoms with Gasteiger partial charge in [0.25, 0.3) is 5.92 Å². The third-order valence-corrected chi connectivity index (χ3v) is 5.58. The van der Waals surface area contributed by atoms with E-state index in [1.165, 1.54) is 31.3 Å². The van der Waals surface area contributed by atoms with E-state index in [9.17, 15) is 8.78 Å². The number of alkyl halides is 2. The summed E-state index contributed by atoms with van der Waals surface area (Å²) in [5.74, 6) is -3.04. The Balaban J connectivity index is 2.11. The molecule has 0 amide bonds. The van der Waals surface area contributed by atoms with E-state index in [0.29, 0.717) is 24.4 Å². The number of unbranched alkanes of at least 4 members (excludes halogenated alkanes) is 3. The van der Waals surface area contributed by atoms with Crippen LogP contribution in [-0.4, -0.2) is 22.9 Å². The van der Waals surface area contributed by atoms with Gasteiger partial charge in [0.05, 0.1) is 6.04 Å². The van der Waals surface area contributed by atoms with Gasteiger partial charge in [0.2, 0.25) is 0 Å². The van der Waals surface area contributed by atoms with Gasteiger partial charge in [-0.3, -0.25) is 4.68 Å². The second kappa shape index (κ2) is 12.5. The van der Waals surface area contributed by atoms with Crippen LogP contribution in [0.4, 0.5) is 8.78 Å². The molecule has 31 heavy (non-hydrogen) atoms. The van der Waals surface area contributed by atoms with Crippen LogP contribution < -0.4 is 10.6 Å². The zero-order valence-corrected chi connectivity index (χ0v) is 19.1. The molecule has 0 aliphatic heterocycles. The van der Waals surface area contributed by atoms with Crippen LogP contribution in [0, 0.1) is 0 Å². The standard InChI is InChI=1S/C25H38F2N4/c1-5-7-8-9-12-21-13-10-11-14-22(16-15-21)31-19-23(24(30-31)25(4,26)27)20(3)29-18-17-28-6-2/h6,11,13-14,19,22,28-29H,2-3,5,7-10,12,15-18H2,1,4H3/b14-11-,21-13-. The first-order valence-electron chi connectivity index (χ1n) is 11.5. The highest BCUT2D eigenvalue weighted by Crippen LogP contribution is 2.33. The van der Waals surface area contributed by atoms with Gasteiger partial charge in [-0.25, -0.2) is 0 Å². The van der Waals surface area contributed by atoms with E-state index in [0.717, 1.165) is 32.6 Å². The summed E-state index contributed by atoms with van der Waals surface area (Å²) in [6, 6.07) is -0.0376. The maximum Gasteiger partial charge on any atom is 0.289 e. The van der Waals surface area contributed by atoms with Crippen LogP contribution in [0.1, 0.15) is 82.5 Å². The third-order valence-electron chi connectivity index (χ3n) is 5.58. The highest BCUT2D eigenvalue weighted by molar-refractivity contribution is 5.63. The van der Waals surface area contributed by atoms with Gasteiger partial charge >= 0.3 is 0 Å². The molecule has 0 saturated heterocycles. The number of allylic oxidation sites excluding steroid dienone is 4. The van der Waals surface area contributed by atoms with Crippen LogP contribution in [0.25, 0.3) is 5.70 Å². The highest BCUT2D eigenvalue weighted by atomic mass is 19.3. The Bertz CT molecular complexity index is 771. The molecule has 1 heterocycles. The number of aromatic nitrogens is 2. The fourth-order valence-corrected chi connectivity index (χ4v) is 3.82. The molecule has 1 aromatic rings. The molecule has 1 aliphatic rings. The summed E-state index contributed by atoms with van der Waals surface area (Å²) in [6.45, 7) is 11.9. The van der Waals surface area contributed by atoms with Gasteiger partial charge < -0.3 is 10.6 Å². The SMILES string of the molecule is C=CNCCNC(=C)c1cn(C2/C=C\C/C=C(/CCCCCC)CC2)nc1C(C)(F)F. The molecule has 0 spiro atoms. The summed E-state index contributed by atoms with van der Waals surface area (Å²) < 4.78 is 30.3. The Hall–Kier alpha value is -2.37. The summed E-state index contributed by atoms with van der Waals surface area (Å²) in [4.78, 5) is 0. The van der Waals surface area contributed by atoms with E-state index in [1.807, 2.05) is 0 Å². The summed E-state index contributed by atoms with van der Waals surface area (Å²) in [6.07, 6.45) is 18.7. The number of halogens is 2. The molecule has 0 aromatic carbocycles. The molecule has 1 atom stereocenters. The molecule has 6 heteroatoms. The average molecular weight is 433 g/mol. The van der Waals surface area contributed by atoms with Crippen molar-refractivity contribution in [3.05, 3.63) is 60.6 Å². The lowest BCUT2D eigenvalue weighted by Gasteiger charge is -2.17. The van der Waals surface area contributed by atoms with Crippen LogP contribution in [0.3, 0.4) is 0 Å². The van der Waals surface area contributed by atoms with Crippen molar-refractivity contribution in [1.29, 1.82) is 0 Å². The molecule has 0 bridgehead atoms. The van der Waals surface area contributed by atoms with Gasteiger partial charge in [0.1, 0.15) is 5.69 Å². The zero-order chi connectivity index (χ0) is 22.7. The van der Waals surface area contributed by atoms with Crippen LogP contribution in [0.15, 0.2) is 49.4 Å². The number of nitrogens with zero attached hydrogens (tertiary/aromatic N) is 2. The topological polar surface area (TPSA) is 41.9 Å². The van der Waals surface area contributed by atoms with Gasteiger partial charge in [-0.15, -0.1) is 0 Å². The van der Waals surface area contributed by atoms with E-state index in [2.05, 4.69) is 54.0 Å². The summed E-state index contributed by atoms with van der Waals surface area (Å²) in [5, 5.41) is 10.4. The molecule has 172 valence electrons. The van der Waals surface area contributed by atoms with E-state index in [1.54, 1.807) is 17.1 Å². The summed E-state index contributed by atoms with van der Waals surface area (Å²) >= 11 is 0. The largest absolute Gasteiger partial charge is 0.390 e. The minimum atomic E-state index is -3.04. The van der Waals surface area contributed by atoms with Crippen LogP contribution >= 0.6 is 0 Å². The third kappa shape index (κ3) is 8.00. The van der Waals surface area contributed by atoms with Crippen molar-refractivity contribution >= 4 is 5.70 Å². The van der Waals surface area contributed by atoms with Crippen LogP contribution in [-0.2, 0) is 5.92 Å². The molecule has 0 saturated carbocycles. The second-order valence-corrected chi connectivity index (χ2v) is 8.27. The minimum absolute atomic E-state index is 0.0376. The smallest absolute Gasteiger partial charge is 0.289 e. The molecule has 1 aromatic heterocycles. The van der Waals surface area contributed by atoms with Crippen molar-refractivity contribution in [2.24, 2.45) is 0 Å². The molecular weight excluding hydrogens is 394 g/mol. The maximum absolute atomic E-state index is 14.3. The van der Waals surface area contributed by atoms with Gasteiger partial charge in [-0.05, 0) is 38.3 Å². The first kappa shape index (κ1) is 24.9. The van der Waals surface area contributed by atoms with Crippen molar-refractivity contribution in [1.82, 2.24) is 20.4 Å². The Morgan fingerprint density at radius 2 is 2.13 bits per heavy atom. The molecular formula is C25H38F2N4. The van der Waals surface area contributed by atoms with Gasteiger partial charge in [-0.2, -0.15) is 13.9 Å². The maximum atomic E-state index is 14.3. The Morgan fingerprint density at radius 1 is 1.32 bits per heavy atom. The Kier molecular flexibility index (Phi) is 10.0. The fraction of sp³-hybridized carbons (Fsp3) is 0.560. The van der Waals surface area contributed by atoms with Gasteiger partial charge in [-0.1, -0.05) is 63.1 Å². The van der Waals surface area contributed by atoms with E-state index >= 15 is 0 Å². The molecule has 1 aliphatic carbocycles. The van der Waals surface area contributed by atoms with Crippen molar-refractivity contribution in [2.45, 2.75) is 77.2 Å². The summed E-state index contributed by atoms with van der Waals surface area (Å²) in [7, 11) is 0. The number of hydrogen-bond donors (Lipinski definition) is 2. The van der Waals surface area contributed by atoms with Crippen LogP contribution in [0.5, 0.6) is 0 Å². The van der Waals surface area contributed by atoms with Gasteiger partial charge in [0.15, 0.2) is 0 Å². The normalized spacial score (nSPS) is 19.6. The average Bonchev–Trinajstić information content (AvgIpc) is 3.16. The van der Waals surface area contributed by atoms with E-state index < -0.39 is 5.92 Å². The van der Waals surface area contributed by atoms with Crippen molar-refractivity contribution in [3.63, 3.8) is 0 Å². The van der Waals surface area contributed by atoms with Crippen LogP contribution in [0.2, 0.25) is 0 Å². The lowest BCUT2D eigenvalue weighted by atomic mass is 9.96. The minimum Gasteiger partial charge on any atom is -0.390 e. The first-order chi connectivity index (χ1) is 14.9. The lowest BCUT2D eigenvalue weighted by Crippen LogP contribution is -2.23. The quantitative estimate of drug-likeness (QED) is 0.277. The highest BCUT2D eigenvalue weighted by Gasteiger charge is 2.33. The van der Waals surface area contributed by atoms with Crippen molar-refractivity contribution < 1.29 is 8.78 Å². The summed E-state index contributed by atoms with van der Waals surface area (Å²) in [5.41, 5.74) is 2.07. The lowest BCUT2D eigenvalue weighted by molar-refractivity contribution is 0.0117. The monoisotopic (exact) mass is 432 g/mol. The molecule has 0 radical (unpaired) electrons. The first-order valence-corrected chi connectivity index (χ1v) is 11.5. The molecule has 2 rings (SSSR count). The molecule has 1 unspecified atom stereocenters. The molecule has 0 fully saturated rings. The predicted octanol–water partition coefficient (Wildman–Crippen LogP) is 6.47. The number of nitrogens with one attached hydrogen (secondary N) is 2. The van der Waals surface area contributed by atoms with Crippen molar-refractivity contribution in [3.8, 4) is 0 Å². The molecule has 2 N–H and O–H groups in total. The van der Waals surface area contributed by atoms with Crippen molar-refractivity contribution in [2.75, 3.05) is 13.1 Å². The number of rotatable bonds is 13.